The molecule has 0 saturated carbocycles. The van der Waals surface area contributed by atoms with Gasteiger partial charge in [0.05, 0.1) is 10.9 Å². The number of hydrogen-bond donors (Lipinski definition) is 0. The van der Waals surface area contributed by atoms with Crippen molar-refractivity contribution in [3.8, 4) is 5.75 Å². The van der Waals surface area contributed by atoms with Crippen LogP contribution in [0.15, 0.2) is 99.6 Å². The van der Waals surface area contributed by atoms with Crippen molar-refractivity contribution in [1.82, 2.24) is 0 Å². The highest BCUT2D eigenvalue weighted by Gasteiger charge is 2.83. The van der Waals surface area contributed by atoms with Gasteiger partial charge in [0.15, 0.2) is 31.4 Å². The van der Waals surface area contributed by atoms with E-state index in [1.54, 1.807) is 0 Å². The average Bonchev–Trinajstić information content (AvgIpc) is 2.92. The summed E-state index contributed by atoms with van der Waals surface area (Å²) in [6.45, 7) is 5.43. The van der Waals surface area contributed by atoms with Crippen LogP contribution in [0.25, 0.3) is 0 Å². The van der Waals surface area contributed by atoms with E-state index in [1.807, 2.05) is 45.0 Å². The zero-order chi connectivity index (χ0) is 34.5. The Morgan fingerprint density at radius 1 is 0.689 bits per heavy atom. The molecule has 248 valence electrons. The normalized spacial score (nSPS) is 13.1. The van der Waals surface area contributed by atoms with E-state index in [4.69, 9.17) is 9.47 Å². The summed E-state index contributed by atoms with van der Waals surface area (Å²) in [5, 5.41) is -7.11. The lowest BCUT2D eigenvalue weighted by Crippen LogP contribution is -2.63. The first-order chi connectivity index (χ1) is 20.4. The van der Waals surface area contributed by atoms with Crippen molar-refractivity contribution in [3.05, 3.63) is 84.9 Å². The predicted molar refractivity (Wildman–Crippen MR) is 143 cm³/mol. The molecule has 3 aromatic rings. The quantitative estimate of drug-likeness (QED) is 0.100. The molecule has 0 fully saturated rings. The number of benzene rings is 3. The van der Waals surface area contributed by atoms with Crippen LogP contribution in [0, 0.1) is 0 Å². The number of ether oxygens (including phenoxy) is 2. The van der Waals surface area contributed by atoms with Crippen LogP contribution in [0.5, 0.6) is 5.75 Å². The molecule has 0 unspecified atom stereocenters. The molecule has 0 saturated heterocycles. The SMILES string of the molecule is CC(C)(C)OC(=O)COc1ccc([S+](c2ccccc2)c2ccccc2)cc1.O=S(=O)([O-])C(F)(F)C(F)(F)C(F)(F)C(F)(F)F. The van der Waals surface area contributed by atoms with E-state index in [2.05, 4.69) is 60.7 Å². The van der Waals surface area contributed by atoms with Crippen molar-refractivity contribution in [1.29, 1.82) is 0 Å². The monoisotopic (exact) mass is 692 g/mol. The third kappa shape index (κ3) is 9.29. The van der Waals surface area contributed by atoms with Gasteiger partial charge in [0, 0.05) is 0 Å². The molecule has 0 aromatic heterocycles. The van der Waals surface area contributed by atoms with Crippen molar-refractivity contribution in [2.24, 2.45) is 0 Å². The number of carbonyl (C=O) groups is 1. The van der Waals surface area contributed by atoms with E-state index in [9.17, 15) is 57.3 Å². The number of esters is 1. The summed E-state index contributed by atoms with van der Waals surface area (Å²) in [4.78, 5) is 15.5. The third-order valence-electron chi connectivity index (χ3n) is 5.22. The number of alkyl halides is 9. The van der Waals surface area contributed by atoms with Crippen LogP contribution in [0.3, 0.4) is 0 Å². The van der Waals surface area contributed by atoms with E-state index in [0.29, 0.717) is 5.75 Å². The van der Waals surface area contributed by atoms with Gasteiger partial charge in [-0.05, 0) is 69.3 Å². The molecule has 0 aliphatic carbocycles. The summed E-state index contributed by atoms with van der Waals surface area (Å²) in [7, 11) is -7.61. The van der Waals surface area contributed by atoms with Crippen LogP contribution < -0.4 is 4.74 Å². The van der Waals surface area contributed by atoms with Crippen LogP contribution >= 0.6 is 0 Å². The van der Waals surface area contributed by atoms with Gasteiger partial charge in [0.25, 0.3) is 0 Å². The van der Waals surface area contributed by atoms with Gasteiger partial charge < -0.3 is 14.0 Å². The molecule has 0 amide bonds. The summed E-state index contributed by atoms with van der Waals surface area (Å²) in [6.07, 6.45) is -7.16. The van der Waals surface area contributed by atoms with E-state index < -0.39 is 39.0 Å². The molecule has 0 atom stereocenters. The largest absolute Gasteiger partial charge is 0.743 e. The number of halogens is 9. The zero-order valence-electron chi connectivity index (χ0n) is 23.5. The van der Waals surface area contributed by atoms with Crippen molar-refractivity contribution in [2.75, 3.05) is 6.61 Å². The Balaban J connectivity index is 0.000000358. The first-order valence-corrected chi connectivity index (χ1v) is 15.0. The molecule has 6 nitrogen and oxygen atoms in total. The maximum Gasteiger partial charge on any atom is 0.460 e. The Morgan fingerprint density at radius 2 is 1.09 bits per heavy atom. The van der Waals surface area contributed by atoms with Gasteiger partial charge in [-0.3, -0.25) is 0 Å². The smallest absolute Gasteiger partial charge is 0.460 e. The molecule has 17 heteroatoms. The molecule has 3 aromatic carbocycles. The van der Waals surface area contributed by atoms with E-state index in [0.717, 1.165) is 0 Å². The molecule has 0 N–H and O–H groups in total. The predicted octanol–water partition coefficient (Wildman–Crippen LogP) is 7.46. The summed E-state index contributed by atoms with van der Waals surface area (Å²) in [5.41, 5.74) is -0.510. The summed E-state index contributed by atoms with van der Waals surface area (Å²) < 4.78 is 146. The Kier molecular flexibility index (Phi) is 11.7. The first kappa shape index (κ1) is 37.7. The Hall–Kier alpha value is -3.44. The lowest BCUT2D eigenvalue weighted by Gasteiger charge is -2.34. The van der Waals surface area contributed by atoms with Gasteiger partial charge in [0.2, 0.25) is 0 Å². The summed E-state index contributed by atoms with van der Waals surface area (Å²) in [5.74, 6) is -14.5. The molecule has 0 aliphatic heterocycles. The second kappa shape index (κ2) is 13.9. The minimum absolute atomic E-state index is 0.0975. The molecule has 0 spiro atoms. The van der Waals surface area contributed by atoms with Gasteiger partial charge in [-0.2, -0.15) is 39.5 Å². The molecular weight excluding hydrogens is 667 g/mol. The highest BCUT2D eigenvalue weighted by molar-refractivity contribution is 7.97. The topological polar surface area (TPSA) is 92.7 Å². The maximum absolute atomic E-state index is 12.2. The number of rotatable bonds is 9. The van der Waals surface area contributed by atoms with Gasteiger partial charge in [0.1, 0.15) is 11.4 Å². The van der Waals surface area contributed by atoms with Gasteiger partial charge >= 0.3 is 29.2 Å². The fourth-order valence-corrected chi connectivity index (χ4v) is 5.75. The highest BCUT2D eigenvalue weighted by atomic mass is 32.2. The standard InChI is InChI=1S/C24H25O3S.C4HF9O3S/c1-24(2,3)27-23(25)18-26-19-14-16-22(17-15-19)28(20-10-6-4-7-11-20)21-12-8-5-9-13-21;5-1(6,3(9,10)11)2(7,8)4(12,13)17(14,15)16/h4-17H,18H2,1-3H3;(H,14,15,16)/q+1;/p-1. The van der Waals surface area contributed by atoms with Gasteiger partial charge in [-0.1, -0.05) is 36.4 Å². The molecule has 0 radical (unpaired) electrons. The number of carbonyl (C=O) groups excluding carboxylic acids is 1. The lowest BCUT2D eigenvalue weighted by atomic mass is 10.1. The average molecular weight is 693 g/mol. The summed E-state index contributed by atoms with van der Waals surface area (Å²) in [6, 6.07) is 28.9. The van der Waals surface area contributed by atoms with Crippen molar-refractivity contribution >= 4 is 27.0 Å². The molecule has 45 heavy (non-hydrogen) atoms. The van der Waals surface area contributed by atoms with Crippen LogP contribution in [0.1, 0.15) is 20.8 Å². The Labute approximate surface area is 255 Å². The first-order valence-electron chi connectivity index (χ1n) is 12.4. The fraction of sp³-hybridized carbons (Fsp3) is 0.321. The van der Waals surface area contributed by atoms with Crippen LogP contribution in [-0.4, -0.2) is 54.4 Å². The van der Waals surface area contributed by atoms with Crippen molar-refractivity contribution < 1.29 is 66.8 Å². The molecule has 0 bridgehead atoms. The highest BCUT2D eigenvalue weighted by Crippen LogP contribution is 2.54. The van der Waals surface area contributed by atoms with Crippen LogP contribution in [0.2, 0.25) is 0 Å². The fourth-order valence-electron chi connectivity index (χ4n) is 3.22. The van der Waals surface area contributed by atoms with Crippen molar-refractivity contribution in [2.45, 2.75) is 64.3 Å². The minimum atomic E-state index is -7.43. The maximum atomic E-state index is 12.2. The van der Waals surface area contributed by atoms with Crippen molar-refractivity contribution in [3.63, 3.8) is 0 Å². The molecule has 0 aliphatic rings. The second-order valence-corrected chi connectivity index (χ2v) is 13.3. The molecule has 3 rings (SSSR count). The Morgan fingerprint density at radius 3 is 1.44 bits per heavy atom. The third-order valence-corrected chi connectivity index (χ3v) is 8.34. The number of hydrogen-bond acceptors (Lipinski definition) is 6. The van der Waals surface area contributed by atoms with E-state index >= 15 is 0 Å². The molecular formula is C28H25F9O6S2. The second-order valence-electron chi connectivity index (χ2n) is 9.90. The van der Waals surface area contributed by atoms with Gasteiger partial charge in [-0.15, -0.1) is 0 Å². The van der Waals surface area contributed by atoms with E-state index in [-0.39, 0.29) is 23.5 Å². The van der Waals surface area contributed by atoms with E-state index in [1.165, 1.54) is 14.7 Å². The van der Waals surface area contributed by atoms with Crippen LogP contribution in [-0.2, 0) is 30.5 Å². The molecule has 0 heterocycles. The van der Waals surface area contributed by atoms with Crippen LogP contribution in [0.4, 0.5) is 39.5 Å². The lowest BCUT2D eigenvalue weighted by molar-refractivity contribution is -0.382. The summed E-state index contributed by atoms with van der Waals surface area (Å²) >= 11 is 0. The Bertz CT molecular complexity index is 1470. The minimum Gasteiger partial charge on any atom is -0.743 e. The zero-order valence-corrected chi connectivity index (χ0v) is 25.1. The van der Waals surface area contributed by atoms with Gasteiger partial charge in [-0.25, -0.2) is 13.2 Å².